The number of methoxy groups -OCH3 is 2. The summed E-state index contributed by atoms with van der Waals surface area (Å²) in [6, 6.07) is 13.0. The Hall–Kier alpha value is -3.22. The van der Waals surface area contributed by atoms with Gasteiger partial charge in [0, 0.05) is 30.8 Å². The third kappa shape index (κ3) is 3.80. The van der Waals surface area contributed by atoms with Crippen LogP contribution in [0.1, 0.15) is 42.6 Å². The zero-order valence-electron chi connectivity index (χ0n) is 18.4. The molecule has 4 rings (SSSR count). The second kappa shape index (κ2) is 8.13. The van der Waals surface area contributed by atoms with Gasteiger partial charge in [-0.05, 0) is 44.9 Å². The van der Waals surface area contributed by atoms with Crippen LogP contribution in [0.4, 0.5) is 10.5 Å². The van der Waals surface area contributed by atoms with Crippen molar-refractivity contribution in [2.24, 2.45) is 0 Å². The topological polar surface area (TPSA) is 68.3 Å². The van der Waals surface area contributed by atoms with E-state index in [4.69, 9.17) is 14.2 Å². The van der Waals surface area contributed by atoms with Crippen LogP contribution in [-0.4, -0.2) is 50.3 Å². The Bertz CT molecular complexity index is 995. The molecule has 0 atom stereocenters. The van der Waals surface area contributed by atoms with Crippen LogP contribution < -0.4 is 14.4 Å². The number of hydrogen-bond donors (Lipinski definition) is 0. The van der Waals surface area contributed by atoms with Crippen LogP contribution >= 0.6 is 0 Å². The minimum atomic E-state index is -0.661. The average Bonchev–Trinajstić information content (AvgIpc) is 2.78. The van der Waals surface area contributed by atoms with Crippen LogP contribution in [0, 0.1) is 0 Å². The number of carbonyl (C=O) groups is 2. The van der Waals surface area contributed by atoms with E-state index in [0.29, 0.717) is 43.0 Å². The molecule has 0 unspecified atom stereocenters. The van der Waals surface area contributed by atoms with Crippen molar-refractivity contribution >= 4 is 17.7 Å². The molecule has 0 radical (unpaired) electrons. The van der Waals surface area contributed by atoms with Gasteiger partial charge in [-0.2, -0.15) is 0 Å². The fraction of sp³-hybridized carbons (Fsp3) is 0.417. The molecule has 0 aliphatic carbocycles. The molecule has 2 aromatic carbocycles. The fourth-order valence-corrected chi connectivity index (χ4v) is 4.43. The first-order valence-corrected chi connectivity index (χ1v) is 10.5. The van der Waals surface area contributed by atoms with Gasteiger partial charge in [0.2, 0.25) is 0 Å². The summed E-state index contributed by atoms with van der Waals surface area (Å²) in [5.74, 6) is 1.04. The van der Waals surface area contributed by atoms with Crippen molar-refractivity contribution in [1.29, 1.82) is 0 Å². The summed E-state index contributed by atoms with van der Waals surface area (Å²) >= 11 is 0. The molecule has 0 spiro atoms. The van der Waals surface area contributed by atoms with Crippen molar-refractivity contribution in [2.45, 2.75) is 38.3 Å². The number of fused-ring (bicyclic) bond motifs is 1. The van der Waals surface area contributed by atoms with E-state index < -0.39 is 5.60 Å². The molecule has 2 heterocycles. The number of nitrogens with zero attached hydrogens (tertiary/aromatic N) is 2. The van der Waals surface area contributed by atoms with Crippen molar-refractivity contribution in [1.82, 2.24) is 4.90 Å². The van der Waals surface area contributed by atoms with Gasteiger partial charge < -0.3 is 19.1 Å². The quantitative estimate of drug-likeness (QED) is 0.736. The molecule has 7 nitrogen and oxygen atoms in total. The Morgan fingerprint density at radius 3 is 2.45 bits per heavy atom. The molecule has 7 heteroatoms. The predicted molar refractivity (Wildman–Crippen MR) is 117 cm³/mol. The largest absolute Gasteiger partial charge is 0.497 e. The van der Waals surface area contributed by atoms with E-state index in [1.54, 1.807) is 37.3 Å². The summed E-state index contributed by atoms with van der Waals surface area (Å²) in [6.45, 7) is 4.91. The Balaban J connectivity index is 1.50. The van der Waals surface area contributed by atoms with E-state index in [1.807, 2.05) is 43.0 Å². The van der Waals surface area contributed by atoms with Crippen molar-refractivity contribution in [2.75, 3.05) is 32.2 Å². The number of ether oxygens (including phenoxy) is 3. The summed E-state index contributed by atoms with van der Waals surface area (Å²) in [6.07, 6.45) is 1.02. The van der Waals surface area contributed by atoms with Gasteiger partial charge in [-0.15, -0.1) is 0 Å². The van der Waals surface area contributed by atoms with E-state index in [-0.39, 0.29) is 18.0 Å². The van der Waals surface area contributed by atoms with Crippen molar-refractivity contribution < 1.29 is 23.8 Å². The first kappa shape index (κ1) is 21.0. The average molecular weight is 424 g/mol. The van der Waals surface area contributed by atoms with Gasteiger partial charge in [0.15, 0.2) is 0 Å². The highest BCUT2D eigenvalue weighted by molar-refractivity contribution is 5.97. The van der Waals surface area contributed by atoms with E-state index in [2.05, 4.69) is 0 Å². The van der Waals surface area contributed by atoms with E-state index in [1.165, 1.54) is 0 Å². The highest BCUT2D eigenvalue weighted by Crippen LogP contribution is 2.41. The number of amides is 2. The lowest BCUT2D eigenvalue weighted by atomic mass is 9.92. The Labute approximate surface area is 182 Å². The summed E-state index contributed by atoms with van der Waals surface area (Å²) in [4.78, 5) is 29.5. The zero-order valence-corrected chi connectivity index (χ0v) is 18.4. The second-order valence-electron chi connectivity index (χ2n) is 8.36. The van der Waals surface area contributed by atoms with Crippen LogP contribution in [0.15, 0.2) is 42.5 Å². The molecule has 0 aromatic heterocycles. The highest BCUT2D eigenvalue weighted by atomic mass is 16.6. The number of benzene rings is 2. The number of carbonyl (C=O) groups excluding carboxylic acids is 2. The lowest BCUT2D eigenvalue weighted by molar-refractivity contribution is 0.0315. The van der Waals surface area contributed by atoms with E-state index in [9.17, 15) is 9.59 Å². The Morgan fingerprint density at radius 2 is 1.77 bits per heavy atom. The Kier molecular flexibility index (Phi) is 5.52. The van der Waals surface area contributed by atoms with Gasteiger partial charge >= 0.3 is 6.09 Å². The van der Waals surface area contributed by atoms with Crippen LogP contribution in [0.3, 0.4) is 0 Å². The molecular formula is C24H28N2O5. The predicted octanol–water partition coefficient (Wildman–Crippen LogP) is 4.20. The molecule has 2 amide bonds. The van der Waals surface area contributed by atoms with Gasteiger partial charge in [0.1, 0.15) is 17.1 Å². The van der Waals surface area contributed by atoms with Gasteiger partial charge in [-0.25, -0.2) is 4.79 Å². The maximum absolute atomic E-state index is 13.1. The first-order chi connectivity index (χ1) is 14.9. The first-order valence-electron chi connectivity index (χ1n) is 10.5. The molecule has 2 aromatic rings. The lowest BCUT2D eigenvalue weighted by Crippen LogP contribution is -2.53. The molecule has 2 aliphatic rings. The summed E-state index contributed by atoms with van der Waals surface area (Å²) < 4.78 is 16.3. The number of para-hydroxylation sites is 1. The van der Waals surface area contributed by atoms with Crippen LogP contribution in [0.5, 0.6) is 11.5 Å². The lowest BCUT2D eigenvalue weighted by Gasteiger charge is -2.44. The minimum Gasteiger partial charge on any atom is -0.497 e. The SMILES string of the molecule is COc1ccc(C(=O)N2CCC(N3C(=O)OC(C)(C)c4ccccc43)CC2)c(OC)c1. The fourth-order valence-electron chi connectivity index (χ4n) is 4.43. The van der Waals surface area contributed by atoms with Crippen LogP contribution in [0.25, 0.3) is 0 Å². The summed E-state index contributed by atoms with van der Waals surface area (Å²) in [5.41, 5.74) is 1.74. The minimum absolute atomic E-state index is 0.0217. The maximum atomic E-state index is 13.1. The van der Waals surface area contributed by atoms with Gasteiger partial charge in [0.25, 0.3) is 5.91 Å². The molecule has 164 valence electrons. The highest BCUT2D eigenvalue weighted by Gasteiger charge is 2.42. The third-order valence-corrected chi connectivity index (χ3v) is 6.11. The number of hydrogen-bond acceptors (Lipinski definition) is 5. The molecule has 31 heavy (non-hydrogen) atoms. The van der Waals surface area contributed by atoms with Crippen molar-refractivity contribution in [3.05, 3.63) is 53.6 Å². The number of likely N-dealkylation sites (tertiary alicyclic amines) is 1. The molecule has 0 saturated carbocycles. The Morgan fingerprint density at radius 1 is 1.06 bits per heavy atom. The standard InChI is InChI=1S/C24H28N2O5/c1-24(2)19-7-5-6-8-20(19)26(23(28)31-24)16-11-13-25(14-12-16)22(27)18-10-9-17(29-3)15-21(18)30-4/h5-10,15-16H,11-14H2,1-4H3. The van der Waals surface area contributed by atoms with Crippen molar-refractivity contribution in [3.8, 4) is 11.5 Å². The zero-order chi connectivity index (χ0) is 22.2. The van der Waals surface area contributed by atoms with Gasteiger partial charge in [-0.1, -0.05) is 18.2 Å². The molecule has 1 saturated heterocycles. The van der Waals surface area contributed by atoms with Crippen molar-refractivity contribution in [3.63, 3.8) is 0 Å². The third-order valence-electron chi connectivity index (χ3n) is 6.11. The molecule has 1 fully saturated rings. The number of piperidine rings is 1. The summed E-state index contributed by atoms with van der Waals surface area (Å²) in [5, 5.41) is 0. The maximum Gasteiger partial charge on any atom is 0.415 e. The normalized spacial score (nSPS) is 18.3. The van der Waals surface area contributed by atoms with E-state index >= 15 is 0 Å². The number of rotatable bonds is 4. The van der Waals surface area contributed by atoms with Gasteiger partial charge in [0.05, 0.1) is 25.5 Å². The van der Waals surface area contributed by atoms with E-state index in [0.717, 1.165) is 11.3 Å². The molecular weight excluding hydrogens is 396 g/mol. The van der Waals surface area contributed by atoms with Gasteiger partial charge in [-0.3, -0.25) is 9.69 Å². The smallest absolute Gasteiger partial charge is 0.415 e. The van der Waals surface area contributed by atoms with Crippen LogP contribution in [-0.2, 0) is 10.3 Å². The number of anilines is 1. The second-order valence-corrected chi connectivity index (χ2v) is 8.36. The monoisotopic (exact) mass is 424 g/mol. The summed E-state index contributed by atoms with van der Waals surface area (Å²) in [7, 11) is 3.12. The number of cyclic esters (lactones) is 1. The molecule has 2 aliphatic heterocycles. The molecule has 0 bridgehead atoms. The van der Waals surface area contributed by atoms with Crippen LogP contribution in [0.2, 0.25) is 0 Å². The molecule has 0 N–H and O–H groups in total.